The minimum Gasteiger partial charge on any atom is -0.507 e. The molecule has 0 radical (unpaired) electrons. The van der Waals surface area contributed by atoms with E-state index in [4.69, 9.17) is 9.97 Å². The SMILES string of the molecule is CC(C)c1cccc(-c2ccccc2)c1-n1c(-c2cc(C(C)(C)C)cc(C(C)(C)C)c2O)nc2c(-c3cc(-c4ccccc4)cc(-c4ccccn4)c3)cccc21. The average molecular weight is 746 g/mol. The summed E-state index contributed by atoms with van der Waals surface area (Å²) < 4.78 is 2.32. The quantitative estimate of drug-likeness (QED) is 0.177. The molecule has 8 rings (SSSR count). The monoisotopic (exact) mass is 745 g/mol. The van der Waals surface area contributed by atoms with E-state index in [9.17, 15) is 5.11 Å². The highest BCUT2D eigenvalue weighted by molar-refractivity contribution is 5.98. The molecule has 8 aromatic rings. The van der Waals surface area contributed by atoms with Crippen LogP contribution in [0.3, 0.4) is 0 Å². The van der Waals surface area contributed by atoms with Crippen LogP contribution in [0.4, 0.5) is 0 Å². The number of fused-ring (bicyclic) bond motifs is 1. The number of benzene rings is 6. The molecule has 0 spiro atoms. The first-order valence-electron chi connectivity index (χ1n) is 20.0. The van der Waals surface area contributed by atoms with Gasteiger partial charge in [0.2, 0.25) is 0 Å². The Labute approximate surface area is 337 Å². The van der Waals surface area contributed by atoms with Crippen LogP contribution in [0.1, 0.15) is 78.0 Å². The Morgan fingerprint density at radius 1 is 0.544 bits per heavy atom. The third-order valence-corrected chi connectivity index (χ3v) is 11.0. The third-order valence-electron chi connectivity index (χ3n) is 11.0. The molecule has 6 aromatic carbocycles. The summed E-state index contributed by atoms with van der Waals surface area (Å²) in [5, 5.41) is 12.5. The zero-order chi connectivity index (χ0) is 40.1. The molecular formula is C53H51N3O. The summed E-state index contributed by atoms with van der Waals surface area (Å²) in [4.78, 5) is 10.4. The molecule has 284 valence electrons. The van der Waals surface area contributed by atoms with Crippen molar-refractivity contribution in [3.8, 4) is 67.5 Å². The van der Waals surface area contributed by atoms with Crippen LogP contribution >= 0.6 is 0 Å². The largest absolute Gasteiger partial charge is 0.507 e. The van der Waals surface area contributed by atoms with Gasteiger partial charge in [-0.05, 0) is 92.6 Å². The zero-order valence-electron chi connectivity index (χ0n) is 34.3. The highest BCUT2D eigenvalue weighted by atomic mass is 16.3. The van der Waals surface area contributed by atoms with E-state index in [-0.39, 0.29) is 22.5 Å². The summed E-state index contributed by atoms with van der Waals surface area (Å²) in [6, 6.07) is 51.4. The van der Waals surface area contributed by atoms with E-state index in [0.29, 0.717) is 5.82 Å². The first-order valence-corrected chi connectivity index (χ1v) is 20.0. The van der Waals surface area contributed by atoms with E-state index in [2.05, 4.69) is 193 Å². The fourth-order valence-corrected chi connectivity index (χ4v) is 7.94. The standard InChI is InChI=1S/C53H51N3O/c1-34(2)41-23-17-25-43(36-21-13-10-14-22-36)49(41)56-47-27-18-24-42(38-29-37(35-19-11-9-12-20-35)30-39(31-38)46-26-15-16-28-54-46)48(47)55-51(56)44-32-40(52(3,4)5)33-45(50(44)57)53(6,7)8/h9-34,57H,1-8H3. The van der Waals surface area contributed by atoms with Crippen LogP contribution in [0, 0.1) is 0 Å². The van der Waals surface area contributed by atoms with Gasteiger partial charge in [-0.3, -0.25) is 9.55 Å². The Kier molecular flexibility index (Phi) is 9.69. The van der Waals surface area contributed by atoms with Crippen LogP contribution in [-0.2, 0) is 10.8 Å². The summed E-state index contributed by atoms with van der Waals surface area (Å²) in [6.07, 6.45) is 1.85. The summed E-state index contributed by atoms with van der Waals surface area (Å²) in [5.41, 5.74) is 14.8. The van der Waals surface area contributed by atoms with Gasteiger partial charge < -0.3 is 5.11 Å². The van der Waals surface area contributed by atoms with Gasteiger partial charge >= 0.3 is 0 Å². The minimum absolute atomic E-state index is 0.171. The van der Waals surface area contributed by atoms with Gasteiger partial charge in [0.1, 0.15) is 11.6 Å². The van der Waals surface area contributed by atoms with Crippen molar-refractivity contribution in [3.63, 3.8) is 0 Å². The van der Waals surface area contributed by atoms with Crippen molar-refractivity contribution < 1.29 is 5.11 Å². The average Bonchev–Trinajstić information content (AvgIpc) is 3.60. The lowest BCUT2D eigenvalue weighted by atomic mass is 9.79. The summed E-state index contributed by atoms with van der Waals surface area (Å²) in [6.45, 7) is 17.7. The highest BCUT2D eigenvalue weighted by Crippen LogP contribution is 2.46. The van der Waals surface area contributed by atoms with Gasteiger partial charge in [-0.2, -0.15) is 0 Å². The molecule has 2 heterocycles. The molecule has 0 fully saturated rings. The van der Waals surface area contributed by atoms with Crippen LogP contribution < -0.4 is 0 Å². The fourth-order valence-electron chi connectivity index (χ4n) is 7.94. The van der Waals surface area contributed by atoms with E-state index in [1.807, 2.05) is 18.3 Å². The maximum atomic E-state index is 12.5. The Balaban J connectivity index is 1.52. The van der Waals surface area contributed by atoms with Gasteiger partial charge in [-0.15, -0.1) is 0 Å². The topological polar surface area (TPSA) is 50.9 Å². The van der Waals surface area contributed by atoms with Crippen LogP contribution in [-0.4, -0.2) is 19.6 Å². The molecule has 57 heavy (non-hydrogen) atoms. The molecule has 0 saturated heterocycles. The summed E-state index contributed by atoms with van der Waals surface area (Å²) >= 11 is 0. The smallest absolute Gasteiger partial charge is 0.149 e. The summed E-state index contributed by atoms with van der Waals surface area (Å²) in [5.74, 6) is 1.18. The number of phenols is 1. The first-order chi connectivity index (χ1) is 27.3. The van der Waals surface area contributed by atoms with Gasteiger partial charge in [-0.1, -0.05) is 159 Å². The summed E-state index contributed by atoms with van der Waals surface area (Å²) in [7, 11) is 0. The maximum absolute atomic E-state index is 12.5. The number of hydrogen-bond donors (Lipinski definition) is 1. The Bertz CT molecular complexity index is 2660. The molecule has 1 N–H and O–H groups in total. The van der Waals surface area contributed by atoms with Crippen molar-refractivity contribution in [1.29, 1.82) is 0 Å². The Morgan fingerprint density at radius 2 is 1.18 bits per heavy atom. The van der Waals surface area contributed by atoms with Crippen LogP contribution in [0.5, 0.6) is 5.75 Å². The third kappa shape index (κ3) is 7.17. The van der Waals surface area contributed by atoms with Gasteiger partial charge in [0.25, 0.3) is 0 Å². The molecule has 0 atom stereocenters. The number of para-hydroxylation sites is 2. The van der Waals surface area contributed by atoms with Crippen LogP contribution in [0.15, 0.2) is 152 Å². The van der Waals surface area contributed by atoms with Crippen molar-refractivity contribution in [2.45, 2.75) is 72.1 Å². The Hall–Kier alpha value is -6.26. The van der Waals surface area contributed by atoms with Gasteiger partial charge in [0.05, 0.1) is 28.0 Å². The van der Waals surface area contributed by atoms with Crippen molar-refractivity contribution >= 4 is 11.0 Å². The van der Waals surface area contributed by atoms with E-state index < -0.39 is 0 Å². The van der Waals surface area contributed by atoms with Crippen molar-refractivity contribution in [2.24, 2.45) is 0 Å². The number of aromatic nitrogens is 3. The van der Waals surface area contributed by atoms with Crippen molar-refractivity contribution in [3.05, 3.63) is 168 Å². The molecule has 0 aliphatic heterocycles. The lowest BCUT2D eigenvalue weighted by molar-refractivity contribution is 0.446. The number of nitrogens with zero attached hydrogens (tertiary/aromatic N) is 3. The number of pyridine rings is 1. The van der Waals surface area contributed by atoms with Gasteiger partial charge in [0, 0.05) is 28.5 Å². The molecule has 0 saturated carbocycles. The second kappa shape index (κ2) is 14.7. The Morgan fingerprint density at radius 3 is 1.82 bits per heavy atom. The van der Waals surface area contributed by atoms with E-state index in [1.54, 1.807) is 0 Å². The predicted octanol–water partition coefficient (Wildman–Crippen LogP) is 14.2. The predicted molar refractivity (Wildman–Crippen MR) is 239 cm³/mol. The second-order valence-corrected chi connectivity index (χ2v) is 17.5. The molecular weight excluding hydrogens is 695 g/mol. The van der Waals surface area contributed by atoms with Gasteiger partial charge in [-0.25, -0.2) is 4.98 Å². The number of imidazole rings is 1. The molecule has 4 nitrogen and oxygen atoms in total. The van der Waals surface area contributed by atoms with Crippen molar-refractivity contribution in [1.82, 2.24) is 14.5 Å². The molecule has 0 bridgehead atoms. The van der Waals surface area contributed by atoms with Gasteiger partial charge in [0.15, 0.2) is 0 Å². The van der Waals surface area contributed by atoms with E-state index >= 15 is 0 Å². The minimum atomic E-state index is -0.313. The molecule has 0 aliphatic carbocycles. The molecule has 0 amide bonds. The molecule has 0 unspecified atom stereocenters. The number of phenolic OH excluding ortho intramolecular Hbond substituents is 1. The number of aromatic hydroxyl groups is 1. The number of rotatable bonds is 7. The molecule has 4 heteroatoms. The molecule has 2 aromatic heterocycles. The molecule has 0 aliphatic rings. The van der Waals surface area contributed by atoms with Crippen LogP contribution in [0.2, 0.25) is 0 Å². The van der Waals surface area contributed by atoms with E-state index in [0.717, 1.165) is 78.0 Å². The fraction of sp³-hybridized carbons (Fsp3) is 0.208. The van der Waals surface area contributed by atoms with E-state index in [1.165, 1.54) is 5.56 Å². The van der Waals surface area contributed by atoms with Crippen molar-refractivity contribution in [2.75, 3.05) is 0 Å². The lowest BCUT2D eigenvalue weighted by Gasteiger charge is -2.28. The van der Waals surface area contributed by atoms with Crippen LogP contribution in [0.25, 0.3) is 72.7 Å². The lowest BCUT2D eigenvalue weighted by Crippen LogP contribution is -2.17. The zero-order valence-corrected chi connectivity index (χ0v) is 34.3. The normalized spacial score (nSPS) is 12.1. The first kappa shape index (κ1) is 37.7. The maximum Gasteiger partial charge on any atom is 0.149 e. The highest BCUT2D eigenvalue weighted by Gasteiger charge is 2.30. The second-order valence-electron chi connectivity index (χ2n) is 17.5. The number of hydrogen-bond acceptors (Lipinski definition) is 3.